The molecule has 0 aliphatic heterocycles. The molecule has 0 fully saturated rings. The number of benzene rings is 1. The largest absolute Gasteiger partial charge is 0.244 e. The number of hydrogen-bond donors (Lipinski definition) is 0. The van der Waals surface area contributed by atoms with Gasteiger partial charge >= 0.3 is 0 Å². The Morgan fingerprint density at radius 2 is 2.00 bits per heavy atom. The van der Waals surface area contributed by atoms with Gasteiger partial charge in [0.1, 0.15) is 5.15 Å². The molecule has 1 heterocycles. The number of fused-ring (bicyclic) bond motifs is 1. The van der Waals surface area contributed by atoms with Gasteiger partial charge in [0.15, 0.2) is 0 Å². The zero-order valence-electron chi connectivity index (χ0n) is 8.29. The molecule has 0 radical (unpaired) electrons. The Labute approximate surface area is 88.7 Å². The molecule has 0 N–H and O–H groups in total. The third kappa shape index (κ3) is 1.60. The van der Waals surface area contributed by atoms with Crippen molar-refractivity contribution in [2.45, 2.75) is 19.8 Å². The van der Waals surface area contributed by atoms with Crippen molar-refractivity contribution >= 4 is 22.4 Å². The smallest absolute Gasteiger partial charge is 0.136 e. The molecule has 0 saturated carbocycles. The molecule has 1 nitrogen and oxygen atoms in total. The fourth-order valence-corrected chi connectivity index (χ4v) is 1.75. The van der Waals surface area contributed by atoms with Crippen LogP contribution < -0.4 is 0 Å². The van der Waals surface area contributed by atoms with Gasteiger partial charge in [0.25, 0.3) is 0 Å². The summed E-state index contributed by atoms with van der Waals surface area (Å²) in [6, 6.07) is 8.32. The van der Waals surface area contributed by atoms with Crippen molar-refractivity contribution in [1.29, 1.82) is 0 Å². The van der Waals surface area contributed by atoms with Crippen molar-refractivity contribution in [3.8, 4) is 0 Å². The second-order valence-corrected chi connectivity index (χ2v) is 4.10. The molecule has 72 valence electrons. The Morgan fingerprint density at radius 3 is 2.71 bits per heavy atom. The van der Waals surface area contributed by atoms with Gasteiger partial charge in [0.05, 0.1) is 0 Å². The molecule has 1 aromatic carbocycles. The Hall–Kier alpha value is -1.08. The van der Waals surface area contributed by atoms with Crippen LogP contribution in [0, 0.1) is 0 Å². The summed E-state index contributed by atoms with van der Waals surface area (Å²) in [5, 5.41) is 2.77. The predicted molar refractivity (Wildman–Crippen MR) is 60.8 cm³/mol. The van der Waals surface area contributed by atoms with Gasteiger partial charge in [-0.05, 0) is 22.9 Å². The Balaban J connectivity index is 2.67. The van der Waals surface area contributed by atoms with Gasteiger partial charge in [0.2, 0.25) is 0 Å². The first-order valence-corrected chi connectivity index (χ1v) is 5.10. The van der Waals surface area contributed by atoms with Gasteiger partial charge in [-0.2, -0.15) is 0 Å². The molecule has 2 heteroatoms. The van der Waals surface area contributed by atoms with E-state index >= 15 is 0 Å². The van der Waals surface area contributed by atoms with Crippen LogP contribution in [-0.4, -0.2) is 4.98 Å². The van der Waals surface area contributed by atoms with Crippen molar-refractivity contribution in [3.05, 3.63) is 41.2 Å². The summed E-state index contributed by atoms with van der Waals surface area (Å²) in [5.41, 5.74) is 1.33. The zero-order valence-corrected chi connectivity index (χ0v) is 9.05. The van der Waals surface area contributed by atoms with Crippen molar-refractivity contribution in [1.82, 2.24) is 4.98 Å². The summed E-state index contributed by atoms with van der Waals surface area (Å²) in [4.78, 5) is 4.05. The highest BCUT2D eigenvalue weighted by Crippen LogP contribution is 2.24. The van der Waals surface area contributed by atoms with E-state index in [2.05, 4.69) is 31.0 Å². The number of pyridine rings is 1. The number of rotatable bonds is 1. The third-order valence-electron chi connectivity index (χ3n) is 2.41. The second-order valence-electron chi connectivity index (χ2n) is 3.74. The zero-order chi connectivity index (χ0) is 10.1. The second kappa shape index (κ2) is 3.58. The van der Waals surface area contributed by atoms with Gasteiger partial charge in [-0.15, -0.1) is 0 Å². The molecule has 14 heavy (non-hydrogen) atoms. The minimum atomic E-state index is 0.548. The van der Waals surface area contributed by atoms with Crippen LogP contribution in [0.2, 0.25) is 5.15 Å². The molecule has 2 rings (SSSR count). The Kier molecular flexibility index (Phi) is 2.42. The maximum atomic E-state index is 5.98. The minimum absolute atomic E-state index is 0.548. The van der Waals surface area contributed by atoms with E-state index in [0.717, 1.165) is 10.8 Å². The van der Waals surface area contributed by atoms with Gasteiger partial charge in [0, 0.05) is 11.6 Å². The van der Waals surface area contributed by atoms with E-state index in [4.69, 9.17) is 11.6 Å². The van der Waals surface area contributed by atoms with Gasteiger partial charge in [-0.1, -0.05) is 43.6 Å². The normalized spacial score (nSPS) is 11.1. The first kappa shape index (κ1) is 9.47. The van der Waals surface area contributed by atoms with Crippen molar-refractivity contribution < 1.29 is 0 Å². The Bertz CT molecular complexity index is 463. The van der Waals surface area contributed by atoms with Gasteiger partial charge in [-0.25, -0.2) is 4.98 Å². The highest BCUT2D eigenvalue weighted by Gasteiger charge is 2.03. The number of hydrogen-bond acceptors (Lipinski definition) is 1. The quantitative estimate of drug-likeness (QED) is 0.641. The van der Waals surface area contributed by atoms with Crippen LogP contribution in [0.3, 0.4) is 0 Å². The van der Waals surface area contributed by atoms with Crippen molar-refractivity contribution in [2.24, 2.45) is 0 Å². The van der Waals surface area contributed by atoms with E-state index in [1.165, 1.54) is 5.56 Å². The third-order valence-corrected chi connectivity index (χ3v) is 2.71. The standard InChI is InChI=1S/C12H12ClN/c1-8(2)9-3-4-11-10(7-9)5-6-14-12(11)13/h3-8H,1-2H3. The molecule has 2 aromatic rings. The summed E-state index contributed by atoms with van der Waals surface area (Å²) in [7, 11) is 0. The molecule has 0 atom stereocenters. The van der Waals surface area contributed by atoms with Crippen LogP contribution in [-0.2, 0) is 0 Å². The van der Waals surface area contributed by atoms with Gasteiger partial charge < -0.3 is 0 Å². The lowest BCUT2D eigenvalue weighted by molar-refractivity contribution is 0.869. The SMILES string of the molecule is CC(C)c1ccc2c(Cl)nccc2c1. The fourth-order valence-electron chi connectivity index (χ4n) is 1.52. The molecule has 0 spiro atoms. The van der Waals surface area contributed by atoms with Crippen molar-refractivity contribution in [3.63, 3.8) is 0 Å². The first-order valence-electron chi connectivity index (χ1n) is 4.72. The molecular formula is C12H12ClN. The molecule has 1 aromatic heterocycles. The van der Waals surface area contributed by atoms with Crippen LogP contribution in [0.4, 0.5) is 0 Å². The van der Waals surface area contributed by atoms with E-state index in [-0.39, 0.29) is 0 Å². The lowest BCUT2D eigenvalue weighted by Gasteiger charge is -2.06. The van der Waals surface area contributed by atoms with E-state index < -0.39 is 0 Å². The molecule has 0 saturated heterocycles. The Morgan fingerprint density at radius 1 is 1.21 bits per heavy atom. The van der Waals surface area contributed by atoms with E-state index in [1.54, 1.807) is 6.20 Å². The molecule has 0 bridgehead atoms. The van der Waals surface area contributed by atoms with Crippen LogP contribution in [0.1, 0.15) is 25.3 Å². The maximum Gasteiger partial charge on any atom is 0.136 e. The minimum Gasteiger partial charge on any atom is -0.244 e. The predicted octanol–water partition coefficient (Wildman–Crippen LogP) is 4.01. The van der Waals surface area contributed by atoms with Crippen LogP contribution >= 0.6 is 11.6 Å². The number of aromatic nitrogens is 1. The number of nitrogens with zero attached hydrogens (tertiary/aromatic N) is 1. The van der Waals surface area contributed by atoms with Crippen LogP contribution in [0.5, 0.6) is 0 Å². The lowest BCUT2D eigenvalue weighted by Crippen LogP contribution is -1.87. The first-order chi connectivity index (χ1) is 6.68. The number of halogens is 1. The van der Waals surface area contributed by atoms with Crippen LogP contribution in [0.25, 0.3) is 10.8 Å². The lowest BCUT2D eigenvalue weighted by atomic mass is 10.0. The van der Waals surface area contributed by atoms with Crippen molar-refractivity contribution in [2.75, 3.05) is 0 Å². The maximum absolute atomic E-state index is 5.98. The summed E-state index contributed by atoms with van der Waals surface area (Å²) >= 11 is 5.98. The van der Waals surface area contributed by atoms with E-state index in [1.807, 2.05) is 12.1 Å². The highest BCUT2D eigenvalue weighted by atomic mass is 35.5. The molecule has 0 amide bonds. The summed E-state index contributed by atoms with van der Waals surface area (Å²) in [6.07, 6.45) is 1.74. The van der Waals surface area contributed by atoms with Gasteiger partial charge in [-0.3, -0.25) is 0 Å². The molecule has 0 aliphatic rings. The molecule has 0 aliphatic carbocycles. The highest BCUT2D eigenvalue weighted by molar-refractivity contribution is 6.34. The average molecular weight is 206 g/mol. The van der Waals surface area contributed by atoms with E-state index in [0.29, 0.717) is 11.1 Å². The molecule has 0 unspecified atom stereocenters. The monoisotopic (exact) mass is 205 g/mol. The van der Waals surface area contributed by atoms with E-state index in [9.17, 15) is 0 Å². The summed E-state index contributed by atoms with van der Waals surface area (Å²) < 4.78 is 0. The van der Waals surface area contributed by atoms with Crippen LogP contribution in [0.15, 0.2) is 30.5 Å². The summed E-state index contributed by atoms with van der Waals surface area (Å²) in [6.45, 7) is 4.37. The fraction of sp³-hybridized carbons (Fsp3) is 0.250. The molecular weight excluding hydrogens is 194 g/mol. The average Bonchev–Trinajstić information content (AvgIpc) is 2.17. The summed E-state index contributed by atoms with van der Waals surface area (Å²) in [5.74, 6) is 0.548. The topological polar surface area (TPSA) is 12.9 Å².